The molecule has 3 aromatic rings. The number of hydrogen-bond acceptors (Lipinski definition) is 6. The predicted octanol–water partition coefficient (Wildman–Crippen LogP) is 4.03. The van der Waals surface area contributed by atoms with Crippen molar-refractivity contribution in [3.63, 3.8) is 0 Å². The molecule has 2 aliphatic rings. The van der Waals surface area contributed by atoms with Gasteiger partial charge in [-0.2, -0.15) is 4.98 Å². The molecular formula is C28H31N5O3. The Kier molecular flexibility index (Phi) is 7.11. The Morgan fingerprint density at radius 3 is 2.19 bits per heavy atom. The average molecular weight is 486 g/mol. The first kappa shape index (κ1) is 23.8. The first-order valence-corrected chi connectivity index (χ1v) is 12.6. The van der Waals surface area contributed by atoms with Gasteiger partial charge in [-0.1, -0.05) is 35.0 Å². The van der Waals surface area contributed by atoms with Crippen LogP contribution in [-0.4, -0.2) is 71.0 Å². The number of hydrogen-bond donors (Lipinski definition) is 0. The summed E-state index contributed by atoms with van der Waals surface area (Å²) in [7, 11) is 0. The fourth-order valence-corrected chi connectivity index (χ4v) is 4.62. The summed E-state index contributed by atoms with van der Waals surface area (Å²) >= 11 is 0. The molecule has 2 amide bonds. The molecule has 0 spiro atoms. The number of anilines is 1. The average Bonchev–Trinajstić information content (AvgIpc) is 3.43. The van der Waals surface area contributed by atoms with Gasteiger partial charge in [-0.25, -0.2) is 0 Å². The Morgan fingerprint density at radius 1 is 0.833 bits per heavy atom. The summed E-state index contributed by atoms with van der Waals surface area (Å²) in [5.41, 5.74) is 4.17. The van der Waals surface area contributed by atoms with Crippen molar-refractivity contribution in [3.05, 3.63) is 71.6 Å². The molecule has 2 aliphatic heterocycles. The number of benzene rings is 2. The lowest BCUT2D eigenvalue weighted by Gasteiger charge is -2.33. The fraction of sp³-hybridized carbons (Fsp3) is 0.357. The molecule has 8 heteroatoms. The van der Waals surface area contributed by atoms with E-state index in [9.17, 15) is 9.59 Å². The van der Waals surface area contributed by atoms with Crippen LogP contribution in [0.2, 0.25) is 0 Å². The lowest BCUT2D eigenvalue weighted by Crippen LogP contribution is -2.50. The lowest BCUT2D eigenvalue weighted by atomic mass is 10.1. The minimum absolute atomic E-state index is 0.0239. The third-order valence-electron chi connectivity index (χ3n) is 6.83. The van der Waals surface area contributed by atoms with Crippen LogP contribution in [0.3, 0.4) is 0 Å². The molecular weight excluding hydrogens is 454 g/mol. The zero-order valence-corrected chi connectivity index (χ0v) is 20.6. The van der Waals surface area contributed by atoms with Crippen molar-refractivity contribution in [2.45, 2.75) is 26.2 Å². The van der Waals surface area contributed by atoms with Crippen LogP contribution in [0.15, 0.2) is 59.1 Å². The summed E-state index contributed by atoms with van der Waals surface area (Å²) in [6, 6.07) is 16.1. The second-order valence-corrected chi connectivity index (χ2v) is 9.38. The molecule has 0 bridgehead atoms. The van der Waals surface area contributed by atoms with Crippen LogP contribution in [0.25, 0.3) is 17.5 Å². The van der Waals surface area contributed by atoms with Crippen LogP contribution >= 0.6 is 0 Å². The number of piperidine rings is 1. The van der Waals surface area contributed by atoms with Gasteiger partial charge in [0.1, 0.15) is 0 Å². The minimum Gasteiger partial charge on any atom is -0.372 e. The number of rotatable bonds is 5. The molecule has 0 radical (unpaired) electrons. The Morgan fingerprint density at radius 2 is 1.50 bits per heavy atom. The number of nitrogens with zero attached hydrogens (tertiary/aromatic N) is 5. The van der Waals surface area contributed by atoms with Gasteiger partial charge in [0.05, 0.1) is 0 Å². The normalized spacial score (nSPS) is 16.5. The number of aromatic nitrogens is 2. The van der Waals surface area contributed by atoms with E-state index in [1.807, 2.05) is 49.4 Å². The number of aryl methyl sites for hydroxylation is 1. The molecule has 36 heavy (non-hydrogen) atoms. The van der Waals surface area contributed by atoms with Gasteiger partial charge < -0.3 is 19.2 Å². The number of amides is 2. The highest BCUT2D eigenvalue weighted by atomic mass is 16.5. The Hall–Kier alpha value is -3.94. The third-order valence-corrected chi connectivity index (χ3v) is 6.83. The maximum absolute atomic E-state index is 12.9. The predicted molar refractivity (Wildman–Crippen MR) is 138 cm³/mol. The molecule has 3 heterocycles. The van der Waals surface area contributed by atoms with Crippen LogP contribution in [0.5, 0.6) is 0 Å². The van der Waals surface area contributed by atoms with Gasteiger partial charge in [0.15, 0.2) is 0 Å². The summed E-state index contributed by atoms with van der Waals surface area (Å²) in [6.45, 7) is 5.96. The van der Waals surface area contributed by atoms with Crippen LogP contribution in [0.4, 0.5) is 5.69 Å². The van der Waals surface area contributed by atoms with Gasteiger partial charge in [-0.3, -0.25) is 9.59 Å². The van der Waals surface area contributed by atoms with Crippen molar-refractivity contribution in [3.8, 4) is 11.4 Å². The lowest BCUT2D eigenvalue weighted by molar-refractivity contribution is -0.127. The van der Waals surface area contributed by atoms with E-state index in [1.54, 1.807) is 15.9 Å². The second-order valence-electron chi connectivity index (χ2n) is 9.38. The maximum atomic E-state index is 12.9. The summed E-state index contributed by atoms with van der Waals surface area (Å²) in [5.74, 6) is 0.0134. The molecule has 1 aromatic heterocycles. The van der Waals surface area contributed by atoms with E-state index in [1.165, 1.54) is 30.5 Å². The van der Waals surface area contributed by atoms with Gasteiger partial charge in [-0.15, -0.1) is 0 Å². The Bertz CT molecular complexity index is 1220. The second kappa shape index (κ2) is 10.8. The maximum Gasteiger partial charge on any atom is 0.316 e. The smallest absolute Gasteiger partial charge is 0.316 e. The number of carbonyl (C=O) groups is 2. The monoisotopic (exact) mass is 485 g/mol. The zero-order valence-electron chi connectivity index (χ0n) is 20.6. The quantitative estimate of drug-likeness (QED) is 0.508. The van der Waals surface area contributed by atoms with E-state index in [2.05, 4.69) is 27.2 Å². The zero-order chi connectivity index (χ0) is 24.9. The molecule has 2 saturated heterocycles. The highest BCUT2D eigenvalue weighted by Crippen LogP contribution is 2.24. The molecule has 0 atom stereocenters. The summed E-state index contributed by atoms with van der Waals surface area (Å²) in [5, 5.41) is 4.03. The first-order valence-electron chi connectivity index (χ1n) is 12.6. The standard InChI is InChI=1S/C28H31N5O3/c1-21-5-7-22(8-6-21)9-14-25(34)32-17-19-33(20-18-32)28(35)27-29-26(30-36-27)23-10-12-24(13-11-23)31-15-3-2-4-16-31/h5-14H,2-4,15-20H2,1H3/b14-9+. The van der Waals surface area contributed by atoms with E-state index in [0.717, 1.165) is 24.2 Å². The molecule has 0 saturated carbocycles. The van der Waals surface area contributed by atoms with Crippen LogP contribution in [0, 0.1) is 6.92 Å². The highest BCUT2D eigenvalue weighted by molar-refractivity contribution is 5.93. The van der Waals surface area contributed by atoms with Crippen molar-refractivity contribution in [2.24, 2.45) is 0 Å². The number of piperazine rings is 1. The van der Waals surface area contributed by atoms with Gasteiger partial charge in [0.25, 0.3) is 0 Å². The van der Waals surface area contributed by atoms with Gasteiger partial charge >= 0.3 is 11.8 Å². The van der Waals surface area contributed by atoms with Gasteiger partial charge in [-0.05, 0) is 62.1 Å². The number of carbonyl (C=O) groups excluding carboxylic acids is 2. The van der Waals surface area contributed by atoms with Crippen molar-refractivity contribution < 1.29 is 14.1 Å². The van der Waals surface area contributed by atoms with E-state index in [0.29, 0.717) is 32.0 Å². The van der Waals surface area contributed by atoms with Crippen molar-refractivity contribution in [2.75, 3.05) is 44.2 Å². The molecule has 0 aliphatic carbocycles. The summed E-state index contributed by atoms with van der Waals surface area (Å²) in [6.07, 6.45) is 7.15. The Balaban J connectivity index is 1.15. The summed E-state index contributed by atoms with van der Waals surface area (Å²) < 4.78 is 5.30. The van der Waals surface area contributed by atoms with Gasteiger partial charge in [0.2, 0.25) is 11.7 Å². The van der Waals surface area contributed by atoms with Crippen LogP contribution < -0.4 is 4.90 Å². The van der Waals surface area contributed by atoms with E-state index in [4.69, 9.17) is 4.52 Å². The molecule has 2 fully saturated rings. The minimum atomic E-state index is -0.305. The van der Waals surface area contributed by atoms with Gasteiger partial charge in [0, 0.05) is 56.6 Å². The van der Waals surface area contributed by atoms with Crippen molar-refractivity contribution in [1.82, 2.24) is 19.9 Å². The van der Waals surface area contributed by atoms with Crippen molar-refractivity contribution >= 4 is 23.6 Å². The highest BCUT2D eigenvalue weighted by Gasteiger charge is 2.27. The van der Waals surface area contributed by atoms with Crippen molar-refractivity contribution in [1.29, 1.82) is 0 Å². The fourth-order valence-electron chi connectivity index (χ4n) is 4.62. The molecule has 8 nitrogen and oxygen atoms in total. The largest absolute Gasteiger partial charge is 0.372 e. The molecule has 5 rings (SSSR count). The van der Waals surface area contributed by atoms with E-state index in [-0.39, 0.29) is 17.7 Å². The molecule has 0 N–H and O–H groups in total. The third kappa shape index (κ3) is 5.48. The van der Waals surface area contributed by atoms with E-state index < -0.39 is 0 Å². The summed E-state index contributed by atoms with van der Waals surface area (Å²) in [4.78, 5) is 35.6. The van der Waals surface area contributed by atoms with E-state index >= 15 is 0 Å². The SMILES string of the molecule is Cc1ccc(/C=C/C(=O)N2CCN(C(=O)c3nc(-c4ccc(N5CCCCC5)cc4)no3)CC2)cc1. The van der Waals surface area contributed by atoms with Crippen LogP contribution in [-0.2, 0) is 4.79 Å². The van der Waals surface area contributed by atoms with Crippen LogP contribution in [0.1, 0.15) is 41.1 Å². The Labute approximate surface area is 211 Å². The first-order chi connectivity index (χ1) is 17.6. The molecule has 2 aromatic carbocycles. The topological polar surface area (TPSA) is 82.8 Å². The molecule has 0 unspecified atom stereocenters. The molecule has 186 valence electrons.